The molecule has 1 aliphatic heterocycles. The van der Waals surface area contributed by atoms with Crippen LogP contribution < -0.4 is 10.9 Å². The number of anilines is 1. The van der Waals surface area contributed by atoms with Crippen LogP contribution in [0.2, 0.25) is 0 Å². The van der Waals surface area contributed by atoms with Crippen molar-refractivity contribution in [3.8, 4) is 5.75 Å². The van der Waals surface area contributed by atoms with Gasteiger partial charge in [0.1, 0.15) is 34.3 Å². The summed E-state index contributed by atoms with van der Waals surface area (Å²) >= 11 is 0. The fourth-order valence-corrected chi connectivity index (χ4v) is 5.39. The second-order valence-electron chi connectivity index (χ2n) is 8.50. The number of amidine groups is 1. The van der Waals surface area contributed by atoms with Gasteiger partial charge in [-0.15, -0.1) is 4.40 Å². The Morgan fingerprint density at radius 3 is 2.74 bits per heavy atom. The number of fused-ring (bicyclic) bond motifs is 4. The molecule has 34 heavy (non-hydrogen) atoms. The number of aryl methyl sites for hydroxylation is 1. The van der Waals surface area contributed by atoms with Crippen molar-refractivity contribution in [3.05, 3.63) is 52.2 Å². The molecule has 178 valence electrons. The third-order valence-corrected chi connectivity index (χ3v) is 7.12. The van der Waals surface area contributed by atoms with Crippen LogP contribution in [0.5, 0.6) is 5.75 Å². The molecule has 0 amide bonds. The molecule has 0 spiro atoms. The van der Waals surface area contributed by atoms with Gasteiger partial charge in [0.05, 0.1) is 22.1 Å². The first-order chi connectivity index (χ1) is 16.2. The molecule has 0 radical (unpaired) electrons. The van der Waals surface area contributed by atoms with Crippen molar-refractivity contribution in [1.82, 2.24) is 19.5 Å². The highest BCUT2D eigenvalue weighted by Crippen LogP contribution is 2.57. The maximum absolute atomic E-state index is 13.5. The molecule has 4 aromatic rings. The van der Waals surface area contributed by atoms with Gasteiger partial charge in [0.2, 0.25) is 0 Å². The second-order valence-corrected chi connectivity index (χ2v) is 10.1. The fraction of sp³-hybridized carbons (Fsp3) is 0.273. The van der Waals surface area contributed by atoms with Crippen LogP contribution in [-0.2, 0) is 13.2 Å². The lowest BCUT2D eigenvalue weighted by molar-refractivity contribution is 0.273. The van der Waals surface area contributed by atoms with Crippen LogP contribution in [0.4, 0.5) is 5.69 Å². The predicted molar refractivity (Wildman–Crippen MR) is 130 cm³/mol. The number of hydrogen-bond donors (Lipinski definition) is 6. The number of aromatic amines is 1. The van der Waals surface area contributed by atoms with Crippen molar-refractivity contribution in [1.29, 1.82) is 0 Å². The molecular formula is C22H24N6O5S. The molecule has 0 bridgehead atoms. The van der Waals surface area contributed by atoms with Crippen molar-refractivity contribution in [3.63, 3.8) is 0 Å². The summed E-state index contributed by atoms with van der Waals surface area (Å²) in [5.74, 6) is 0.0953. The highest BCUT2D eigenvalue weighted by atomic mass is 32.3. The lowest BCUT2D eigenvalue weighted by atomic mass is 10.1. The lowest BCUT2D eigenvalue weighted by Gasteiger charge is -2.34. The quantitative estimate of drug-likeness (QED) is 0.250. The third kappa shape index (κ3) is 3.51. The number of benzene rings is 1. The predicted octanol–water partition coefficient (Wildman–Crippen LogP) is 3.41. The molecule has 1 aliphatic rings. The van der Waals surface area contributed by atoms with Crippen molar-refractivity contribution in [2.75, 3.05) is 5.32 Å². The molecule has 0 saturated carbocycles. The SMILES string of the molecule is CC(C)CCn1c(=O)c(C2=NS(O)(O)c3c(ccc4nc(CO)[nH]c34)N2)c(O)c2cccnc21. The van der Waals surface area contributed by atoms with E-state index in [2.05, 4.69) is 24.7 Å². The standard InChI is InChI=1S/C22H24N6O5S/c1-11(2)7-9-28-21-12(4-3-8-23-21)18(30)16(22(28)31)20-25-14-6-5-13-17(26-15(10-29)24-13)19(14)34(32,33)27-20/h3-6,8,11,29-30,32-33H,7,9-10H2,1-2H3,(H,24,26)(H,25,27). The van der Waals surface area contributed by atoms with Crippen LogP contribution in [0.3, 0.4) is 0 Å². The van der Waals surface area contributed by atoms with Gasteiger partial charge in [0.25, 0.3) is 5.56 Å². The summed E-state index contributed by atoms with van der Waals surface area (Å²) < 4.78 is 27.5. The second kappa shape index (κ2) is 8.09. The van der Waals surface area contributed by atoms with E-state index >= 15 is 0 Å². The first-order valence-electron chi connectivity index (χ1n) is 10.7. The number of H-pyrrole nitrogens is 1. The van der Waals surface area contributed by atoms with Gasteiger partial charge < -0.3 is 20.5 Å². The number of nitrogens with zero attached hydrogens (tertiary/aromatic N) is 4. The van der Waals surface area contributed by atoms with E-state index in [-0.39, 0.29) is 34.5 Å². The van der Waals surface area contributed by atoms with E-state index in [9.17, 15) is 24.1 Å². The Bertz CT molecular complexity index is 1520. The minimum Gasteiger partial charge on any atom is -0.506 e. The summed E-state index contributed by atoms with van der Waals surface area (Å²) in [7, 11) is -3.79. The number of pyridine rings is 2. The Morgan fingerprint density at radius 2 is 2.00 bits per heavy atom. The number of aliphatic hydroxyl groups is 1. The normalized spacial score (nSPS) is 15.9. The molecule has 0 unspecified atom stereocenters. The number of imidazole rings is 1. The minimum atomic E-state index is -3.79. The number of hydrogen-bond acceptors (Lipinski definition) is 9. The molecule has 0 saturated heterocycles. The third-order valence-electron chi connectivity index (χ3n) is 5.72. The Balaban J connectivity index is 1.72. The van der Waals surface area contributed by atoms with Crippen LogP contribution >= 0.6 is 10.8 Å². The zero-order chi connectivity index (χ0) is 24.2. The average Bonchev–Trinajstić information content (AvgIpc) is 3.21. The monoisotopic (exact) mass is 484 g/mol. The highest BCUT2D eigenvalue weighted by molar-refractivity contribution is 8.23. The molecule has 3 aromatic heterocycles. The summed E-state index contributed by atoms with van der Waals surface area (Å²) in [6, 6.07) is 6.52. The van der Waals surface area contributed by atoms with Crippen molar-refractivity contribution < 1.29 is 19.3 Å². The highest BCUT2D eigenvalue weighted by Gasteiger charge is 2.33. The smallest absolute Gasteiger partial charge is 0.267 e. The summed E-state index contributed by atoms with van der Waals surface area (Å²) in [4.78, 5) is 25.0. The van der Waals surface area contributed by atoms with Gasteiger partial charge in [-0.3, -0.25) is 18.5 Å². The molecular weight excluding hydrogens is 460 g/mol. The van der Waals surface area contributed by atoms with Gasteiger partial charge in [0.15, 0.2) is 5.84 Å². The van der Waals surface area contributed by atoms with Crippen LogP contribution in [0.1, 0.15) is 31.7 Å². The zero-order valence-corrected chi connectivity index (χ0v) is 19.3. The minimum absolute atomic E-state index is 0.0722. The lowest BCUT2D eigenvalue weighted by Crippen LogP contribution is -2.32. The number of rotatable bonds is 5. The Hall–Kier alpha value is -3.45. The van der Waals surface area contributed by atoms with Gasteiger partial charge in [-0.2, -0.15) is 0 Å². The zero-order valence-electron chi connectivity index (χ0n) is 18.5. The topological polar surface area (TPSA) is 169 Å². The molecule has 11 nitrogen and oxygen atoms in total. The van der Waals surface area contributed by atoms with Crippen molar-refractivity contribution in [2.24, 2.45) is 10.3 Å². The van der Waals surface area contributed by atoms with Crippen molar-refractivity contribution in [2.45, 2.75) is 38.3 Å². The molecule has 0 atom stereocenters. The Kier molecular flexibility index (Phi) is 5.32. The van der Waals surface area contributed by atoms with Gasteiger partial charge >= 0.3 is 0 Å². The van der Waals surface area contributed by atoms with Gasteiger partial charge in [-0.1, -0.05) is 24.6 Å². The Labute approximate surface area is 195 Å². The van der Waals surface area contributed by atoms with Crippen LogP contribution in [0, 0.1) is 5.92 Å². The summed E-state index contributed by atoms with van der Waals surface area (Å²) in [5.41, 5.74) is 0.671. The first kappa shape index (κ1) is 22.3. The molecule has 1 aromatic carbocycles. The van der Waals surface area contributed by atoms with Crippen LogP contribution in [0.25, 0.3) is 22.1 Å². The summed E-state index contributed by atoms with van der Waals surface area (Å²) in [5, 5.41) is 23.8. The van der Waals surface area contributed by atoms with E-state index < -0.39 is 16.3 Å². The largest absolute Gasteiger partial charge is 0.506 e. The number of aromatic nitrogens is 4. The maximum atomic E-state index is 13.5. The molecule has 6 N–H and O–H groups in total. The number of aliphatic hydroxyl groups excluding tert-OH is 1. The van der Waals surface area contributed by atoms with Crippen LogP contribution in [0.15, 0.2) is 44.6 Å². The van der Waals surface area contributed by atoms with Crippen molar-refractivity contribution >= 4 is 44.4 Å². The Morgan fingerprint density at radius 1 is 1.21 bits per heavy atom. The summed E-state index contributed by atoms with van der Waals surface area (Å²) in [6.07, 6.45) is 2.25. The molecule has 5 rings (SSSR count). The maximum Gasteiger partial charge on any atom is 0.267 e. The molecule has 4 heterocycles. The first-order valence-corrected chi connectivity index (χ1v) is 12.2. The van der Waals surface area contributed by atoms with Gasteiger partial charge in [-0.05, 0) is 36.6 Å². The molecule has 12 heteroatoms. The van der Waals surface area contributed by atoms with Gasteiger partial charge in [0, 0.05) is 12.7 Å². The summed E-state index contributed by atoms with van der Waals surface area (Å²) in [6.45, 7) is 4.11. The van der Waals surface area contributed by atoms with E-state index in [1.165, 1.54) is 4.57 Å². The van der Waals surface area contributed by atoms with E-state index in [0.29, 0.717) is 46.6 Å². The van der Waals surface area contributed by atoms with Gasteiger partial charge in [-0.25, -0.2) is 9.97 Å². The fourth-order valence-electron chi connectivity index (χ4n) is 4.07. The van der Waals surface area contributed by atoms with E-state index in [0.717, 1.165) is 0 Å². The van der Waals surface area contributed by atoms with Crippen LogP contribution in [-0.4, -0.2) is 44.7 Å². The van der Waals surface area contributed by atoms with E-state index in [1.807, 2.05) is 13.8 Å². The molecule has 0 fully saturated rings. The number of nitrogens with one attached hydrogen (secondary N) is 2. The van der Waals surface area contributed by atoms with E-state index in [4.69, 9.17) is 0 Å². The molecule has 0 aliphatic carbocycles. The average molecular weight is 485 g/mol. The van der Waals surface area contributed by atoms with E-state index in [1.54, 1.807) is 30.5 Å². The number of aromatic hydroxyl groups is 1.